The maximum absolute atomic E-state index is 0. The van der Waals surface area contributed by atoms with Gasteiger partial charge in [-0.25, -0.2) is 0 Å². The van der Waals surface area contributed by atoms with E-state index in [4.69, 9.17) is 0 Å². The topological polar surface area (TPSA) is 214 Å². The van der Waals surface area contributed by atoms with Crippen LogP contribution in [-0.4, -0.2) is 0 Å². The van der Waals surface area contributed by atoms with Crippen LogP contribution >= 0.6 is 0 Å². The molecule has 0 atom stereocenters. The molecule has 0 amide bonds. The van der Waals surface area contributed by atoms with Crippen LogP contribution in [0.15, 0.2) is 0 Å². The van der Waals surface area contributed by atoms with Gasteiger partial charge in [0.1, 0.15) is 0 Å². The van der Waals surface area contributed by atoms with Gasteiger partial charge in [0.25, 0.3) is 0 Å². The van der Waals surface area contributed by atoms with Crippen LogP contribution in [0, 0.1) is 0 Å². The van der Waals surface area contributed by atoms with Crippen molar-refractivity contribution in [2.45, 2.75) is 0 Å². The second kappa shape index (κ2) is 219. The minimum absolute atomic E-state index is 0. The van der Waals surface area contributed by atoms with Crippen molar-refractivity contribution in [3.8, 4) is 0 Å². The van der Waals surface area contributed by atoms with E-state index in [0.29, 0.717) is 0 Å². The van der Waals surface area contributed by atoms with Crippen molar-refractivity contribution < 1.29 is 132 Å². The van der Waals surface area contributed by atoms with E-state index in [2.05, 4.69) is 0 Å². The summed E-state index contributed by atoms with van der Waals surface area (Å²) in [6, 6.07) is 0. The summed E-state index contributed by atoms with van der Waals surface area (Å²) in [4.78, 5) is 0. The normalized spacial score (nSPS) is 0. The van der Waals surface area contributed by atoms with Gasteiger partial charge in [0.05, 0.1) is 0 Å². The number of hydrogen-bond acceptors (Lipinski definition) is 0. The minimum atomic E-state index is 0. The SMILES string of the molecule is [Au+3].[Au+3].[Au+3].[N-3].[N-3].[N-3].[N-3].[N-3].[N-3].[N-3].[Ti+4].[Ti+4].[Ti+4]. The van der Waals surface area contributed by atoms with E-state index in [0.717, 1.165) is 0 Å². The van der Waals surface area contributed by atoms with Gasteiger partial charge in [0.15, 0.2) is 0 Å². The van der Waals surface area contributed by atoms with Gasteiger partial charge in [-0.05, 0) is 0 Å². The van der Waals surface area contributed by atoms with Crippen LogP contribution in [0.3, 0.4) is 0 Å². The van der Waals surface area contributed by atoms with Crippen molar-refractivity contribution in [3.05, 3.63) is 43.1 Å². The van der Waals surface area contributed by atoms with Crippen molar-refractivity contribution in [2.75, 3.05) is 0 Å². The Kier molecular flexibility index (Phi) is 4470. The molecule has 0 aliphatic rings. The molecule has 0 radical (unpaired) electrons. The van der Waals surface area contributed by atoms with Crippen LogP contribution in [0.25, 0.3) is 43.1 Å². The quantitative estimate of drug-likeness (QED) is 0.321. The van der Waals surface area contributed by atoms with Crippen LogP contribution < -0.4 is 0 Å². The van der Waals surface area contributed by atoms with Crippen LogP contribution in [0.2, 0.25) is 0 Å². The first-order valence-electron chi connectivity index (χ1n) is 0. The van der Waals surface area contributed by atoms with E-state index < -0.39 is 0 Å². The molecule has 0 unspecified atom stereocenters. The molecule has 0 aromatic rings. The van der Waals surface area contributed by atoms with Crippen LogP contribution in [0.1, 0.15) is 0 Å². The molecular formula is Au3N7Ti3. The van der Waals surface area contributed by atoms with Gasteiger partial charge in [0.2, 0.25) is 0 Å². The molecule has 0 fully saturated rings. The third-order valence-corrected chi connectivity index (χ3v) is 0. The van der Waals surface area contributed by atoms with E-state index >= 15 is 0 Å². The number of rotatable bonds is 0. The molecule has 0 saturated heterocycles. The molecule has 0 aromatic heterocycles. The average molecular weight is 833 g/mol. The predicted molar refractivity (Wildman–Crippen MR) is 23.5 cm³/mol. The zero-order valence-corrected chi connectivity index (χ0v) is 16.7. The van der Waals surface area contributed by atoms with Gasteiger partial charge in [-0.15, -0.1) is 0 Å². The maximum Gasteiger partial charge on any atom is 4.00 e. The summed E-state index contributed by atoms with van der Waals surface area (Å²) < 4.78 is 0. The van der Waals surface area contributed by atoms with Gasteiger partial charge < -0.3 is 43.1 Å². The number of nitrogens with zero attached hydrogens (tertiary/aromatic N) is 7. The fourth-order valence-electron chi connectivity index (χ4n) is 0. The summed E-state index contributed by atoms with van der Waals surface area (Å²) >= 11 is 0. The van der Waals surface area contributed by atoms with Gasteiger partial charge in [0, 0.05) is 0 Å². The molecule has 0 aliphatic heterocycles. The van der Waals surface area contributed by atoms with Crippen molar-refractivity contribution >= 4 is 0 Å². The van der Waals surface area contributed by atoms with Crippen molar-refractivity contribution in [1.29, 1.82) is 0 Å². The van der Waals surface area contributed by atoms with Crippen molar-refractivity contribution in [2.24, 2.45) is 0 Å². The first kappa shape index (κ1) is 265. The smallest absolute Gasteiger partial charge is 3.00 e. The summed E-state index contributed by atoms with van der Waals surface area (Å²) in [5, 5.41) is 0. The predicted octanol–water partition coefficient (Wildman–Crippen LogP) is 2.01. The largest absolute Gasteiger partial charge is 4.00 e. The second-order valence-electron chi connectivity index (χ2n) is 0. The van der Waals surface area contributed by atoms with Crippen molar-refractivity contribution in [1.82, 2.24) is 0 Å². The molecular weight excluding hydrogens is 833 g/mol. The Labute approximate surface area is 172 Å². The Hall–Kier alpha value is 4.08. The van der Waals surface area contributed by atoms with E-state index in [9.17, 15) is 0 Å². The molecule has 0 rings (SSSR count). The summed E-state index contributed by atoms with van der Waals surface area (Å²) in [5.41, 5.74) is 0. The van der Waals surface area contributed by atoms with Gasteiger partial charge in [-0.1, -0.05) is 0 Å². The molecule has 0 saturated carbocycles. The number of hydrogen-bond donors (Lipinski definition) is 0. The molecule has 0 spiro atoms. The van der Waals surface area contributed by atoms with Crippen LogP contribution in [0.4, 0.5) is 0 Å². The molecule has 0 aromatic carbocycles. The summed E-state index contributed by atoms with van der Waals surface area (Å²) in [6.45, 7) is 0. The van der Waals surface area contributed by atoms with E-state index in [1.807, 2.05) is 0 Å². The summed E-state index contributed by atoms with van der Waals surface area (Å²) in [6.07, 6.45) is 0. The Morgan fingerprint density at radius 1 is 0.231 bits per heavy atom. The molecule has 0 bridgehead atoms. The van der Waals surface area contributed by atoms with Crippen LogP contribution in [0.5, 0.6) is 0 Å². The first-order valence-corrected chi connectivity index (χ1v) is 0. The standard InChI is InChI=1S/3Au.7N.3Ti/q3*+3;7*-3;3*+4. The molecule has 13 heteroatoms. The summed E-state index contributed by atoms with van der Waals surface area (Å²) in [5.74, 6) is 0. The fraction of sp³-hybridized carbons (Fsp3) is 0. The maximum atomic E-state index is 0. The van der Waals surface area contributed by atoms with Crippen molar-refractivity contribution in [3.63, 3.8) is 0 Å². The Morgan fingerprint density at radius 2 is 0.231 bits per heavy atom. The third-order valence-electron chi connectivity index (χ3n) is 0. The molecule has 0 N–H and O–H groups in total. The van der Waals surface area contributed by atoms with E-state index in [1.54, 1.807) is 0 Å². The molecule has 7 nitrogen and oxygen atoms in total. The Balaban J connectivity index is 0. The summed E-state index contributed by atoms with van der Waals surface area (Å²) in [7, 11) is 0. The van der Waals surface area contributed by atoms with E-state index in [-0.39, 0.29) is 175 Å². The Morgan fingerprint density at radius 3 is 0.231 bits per heavy atom. The molecule has 0 aliphatic carbocycles. The first-order chi connectivity index (χ1) is 0. The van der Waals surface area contributed by atoms with E-state index in [1.165, 1.54) is 0 Å². The second-order valence-corrected chi connectivity index (χ2v) is 0. The van der Waals surface area contributed by atoms with Gasteiger partial charge in [-0.2, -0.15) is 0 Å². The van der Waals surface area contributed by atoms with Gasteiger partial charge >= 0.3 is 132 Å². The van der Waals surface area contributed by atoms with Crippen LogP contribution in [-0.2, 0) is 132 Å². The third kappa shape index (κ3) is 191. The zero-order chi connectivity index (χ0) is 0. The molecule has 80 valence electrons. The zero-order valence-electron chi connectivity index (χ0n) is 5.54. The Bertz CT molecular complexity index is 18.9. The molecule has 13 heavy (non-hydrogen) atoms. The average Bonchev–Trinajstić information content (AvgIpc) is 0. The fourth-order valence-corrected chi connectivity index (χ4v) is 0. The monoisotopic (exact) mass is 833 g/mol. The molecule has 0 heterocycles. The minimum Gasteiger partial charge on any atom is -3.00 e. The van der Waals surface area contributed by atoms with Gasteiger partial charge in [-0.3, -0.25) is 0 Å².